The van der Waals surface area contributed by atoms with Crippen LogP contribution in [0.25, 0.3) is 0 Å². The van der Waals surface area contributed by atoms with E-state index < -0.39 is 0 Å². The van der Waals surface area contributed by atoms with Crippen molar-refractivity contribution in [3.05, 3.63) is 29.8 Å². The van der Waals surface area contributed by atoms with Crippen LogP contribution in [0, 0.1) is 0 Å². The summed E-state index contributed by atoms with van der Waals surface area (Å²) < 4.78 is 0. The van der Waals surface area contributed by atoms with Crippen molar-refractivity contribution in [2.75, 3.05) is 18.0 Å². The molecule has 18 heavy (non-hydrogen) atoms. The highest BCUT2D eigenvalue weighted by molar-refractivity contribution is 5.53. The van der Waals surface area contributed by atoms with Gasteiger partial charge in [-0.3, -0.25) is 0 Å². The molecule has 0 radical (unpaired) electrons. The molecule has 0 amide bonds. The summed E-state index contributed by atoms with van der Waals surface area (Å²) in [7, 11) is 0. The van der Waals surface area contributed by atoms with E-state index in [1.54, 1.807) is 0 Å². The summed E-state index contributed by atoms with van der Waals surface area (Å²) in [6.07, 6.45) is 7.57. The number of nitrogens with zero attached hydrogens (tertiary/aromatic N) is 1. The van der Waals surface area contributed by atoms with Gasteiger partial charge in [0.1, 0.15) is 0 Å². The topological polar surface area (TPSA) is 3.24 Å². The lowest BCUT2D eigenvalue weighted by Crippen LogP contribution is -2.26. The lowest BCUT2D eigenvalue weighted by atomic mass is 10.1. The van der Waals surface area contributed by atoms with Crippen molar-refractivity contribution in [2.45, 2.75) is 59.3 Å². The summed E-state index contributed by atoms with van der Waals surface area (Å²) in [4.78, 5) is 2.60. The van der Waals surface area contributed by atoms with E-state index in [1.165, 1.54) is 62.9 Å². The van der Waals surface area contributed by atoms with Crippen LogP contribution in [0.5, 0.6) is 0 Å². The minimum atomic E-state index is 1.20. The van der Waals surface area contributed by atoms with E-state index in [-0.39, 0.29) is 0 Å². The van der Waals surface area contributed by atoms with Crippen LogP contribution in [-0.2, 0) is 6.42 Å². The molecular weight excluding hydrogens is 218 g/mol. The smallest absolute Gasteiger partial charge is 0.0398 e. The number of anilines is 1. The highest BCUT2D eigenvalue weighted by atomic mass is 15.1. The molecule has 1 aromatic carbocycles. The summed E-state index contributed by atoms with van der Waals surface area (Å²) in [6.45, 7) is 9.22. The summed E-state index contributed by atoms with van der Waals surface area (Å²) in [5.74, 6) is 0. The molecule has 0 atom stereocenters. The van der Waals surface area contributed by atoms with Crippen LogP contribution in [0.1, 0.15) is 58.4 Å². The van der Waals surface area contributed by atoms with Crippen LogP contribution >= 0.6 is 0 Å². The summed E-state index contributed by atoms with van der Waals surface area (Å²) in [5, 5.41) is 0. The third-order valence-electron chi connectivity index (χ3n) is 3.41. The highest BCUT2D eigenvalue weighted by Gasteiger charge is 2.09. The number of rotatable bonds is 9. The van der Waals surface area contributed by atoms with Crippen molar-refractivity contribution in [1.82, 2.24) is 0 Å². The fourth-order valence-corrected chi connectivity index (χ4v) is 2.35. The van der Waals surface area contributed by atoms with Gasteiger partial charge in [0.2, 0.25) is 0 Å². The first-order valence-corrected chi connectivity index (χ1v) is 7.66. The van der Waals surface area contributed by atoms with Crippen molar-refractivity contribution < 1.29 is 0 Å². The third-order valence-corrected chi connectivity index (χ3v) is 3.41. The zero-order chi connectivity index (χ0) is 13.2. The molecule has 1 rings (SSSR count). The zero-order valence-electron chi connectivity index (χ0n) is 12.4. The molecule has 0 spiro atoms. The Labute approximate surface area is 113 Å². The Morgan fingerprint density at radius 3 is 2.00 bits per heavy atom. The molecule has 0 aliphatic heterocycles. The van der Waals surface area contributed by atoms with E-state index in [1.807, 2.05) is 0 Å². The molecule has 0 fully saturated rings. The van der Waals surface area contributed by atoms with Crippen LogP contribution in [-0.4, -0.2) is 13.1 Å². The average Bonchev–Trinajstić information content (AvgIpc) is 2.40. The molecule has 0 aliphatic carbocycles. The molecule has 0 bridgehead atoms. The minimum Gasteiger partial charge on any atom is -0.371 e. The van der Waals surface area contributed by atoms with Gasteiger partial charge in [-0.2, -0.15) is 0 Å². The van der Waals surface area contributed by atoms with Gasteiger partial charge in [-0.15, -0.1) is 0 Å². The molecule has 0 N–H and O–H groups in total. The number of benzene rings is 1. The van der Waals surface area contributed by atoms with Gasteiger partial charge in [-0.25, -0.2) is 0 Å². The fourth-order valence-electron chi connectivity index (χ4n) is 2.35. The summed E-state index contributed by atoms with van der Waals surface area (Å²) in [5.41, 5.74) is 2.99. The van der Waals surface area contributed by atoms with E-state index in [0.717, 1.165) is 0 Å². The molecule has 0 aliphatic rings. The van der Waals surface area contributed by atoms with Crippen LogP contribution in [0.4, 0.5) is 5.69 Å². The molecule has 1 nitrogen and oxygen atoms in total. The van der Waals surface area contributed by atoms with Gasteiger partial charge < -0.3 is 4.90 Å². The third kappa shape index (κ3) is 4.72. The maximum Gasteiger partial charge on any atom is 0.0398 e. The van der Waals surface area contributed by atoms with Crippen LogP contribution in [0.3, 0.4) is 0 Å². The van der Waals surface area contributed by atoms with Gasteiger partial charge in [0.05, 0.1) is 0 Å². The Kier molecular flexibility index (Phi) is 7.55. The number of hydrogen-bond acceptors (Lipinski definition) is 1. The first-order chi connectivity index (χ1) is 8.83. The van der Waals surface area contributed by atoms with Crippen molar-refractivity contribution in [3.63, 3.8) is 0 Å². The number of aryl methyl sites for hydroxylation is 1. The maximum absolute atomic E-state index is 2.60. The second-order valence-electron chi connectivity index (χ2n) is 5.07. The first kappa shape index (κ1) is 15.1. The zero-order valence-corrected chi connectivity index (χ0v) is 12.4. The Morgan fingerprint density at radius 2 is 1.44 bits per heavy atom. The van der Waals surface area contributed by atoms with Gasteiger partial charge >= 0.3 is 0 Å². The highest BCUT2D eigenvalue weighted by Crippen LogP contribution is 2.22. The van der Waals surface area contributed by atoms with E-state index in [9.17, 15) is 0 Å². The maximum atomic E-state index is 2.60. The monoisotopic (exact) mass is 247 g/mol. The number of hydrogen-bond donors (Lipinski definition) is 0. The Bertz CT molecular complexity index is 311. The van der Waals surface area contributed by atoms with Gasteiger partial charge in [-0.05, 0) is 30.9 Å². The predicted octanol–water partition coefficient (Wildman–Crippen LogP) is 5.05. The molecule has 1 aromatic rings. The molecule has 0 saturated carbocycles. The number of unbranched alkanes of at least 4 members (excludes halogenated alkanes) is 2. The molecular formula is C17H29N. The fraction of sp³-hybridized carbons (Fsp3) is 0.647. The average molecular weight is 247 g/mol. The van der Waals surface area contributed by atoms with Crippen LogP contribution in [0.15, 0.2) is 24.3 Å². The second-order valence-corrected chi connectivity index (χ2v) is 5.07. The predicted molar refractivity (Wildman–Crippen MR) is 82.5 cm³/mol. The summed E-state index contributed by atoms with van der Waals surface area (Å²) in [6, 6.07) is 8.95. The van der Waals surface area contributed by atoms with Crippen LogP contribution in [0.2, 0.25) is 0 Å². The van der Waals surface area contributed by atoms with E-state index in [2.05, 4.69) is 49.9 Å². The van der Waals surface area contributed by atoms with E-state index in [0.29, 0.717) is 0 Å². The van der Waals surface area contributed by atoms with Gasteiger partial charge in [0.15, 0.2) is 0 Å². The molecule has 0 unspecified atom stereocenters. The van der Waals surface area contributed by atoms with Gasteiger partial charge in [0, 0.05) is 18.8 Å². The Balaban J connectivity index is 2.81. The van der Waals surface area contributed by atoms with Crippen LogP contribution < -0.4 is 4.90 Å². The Hall–Kier alpha value is -0.980. The van der Waals surface area contributed by atoms with Crippen molar-refractivity contribution >= 4 is 5.69 Å². The van der Waals surface area contributed by atoms with Crippen molar-refractivity contribution in [1.29, 1.82) is 0 Å². The second kappa shape index (κ2) is 9.02. The minimum absolute atomic E-state index is 1.20. The lowest BCUT2D eigenvalue weighted by Gasteiger charge is -2.27. The molecule has 102 valence electrons. The van der Waals surface area contributed by atoms with Crippen molar-refractivity contribution in [2.24, 2.45) is 0 Å². The largest absolute Gasteiger partial charge is 0.371 e. The quantitative estimate of drug-likeness (QED) is 0.590. The SMILES string of the molecule is CCCCN(CCCC)c1ccccc1CCC. The Morgan fingerprint density at radius 1 is 0.833 bits per heavy atom. The molecule has 0 heterocycles. The van der Waals surface area contributed by atoms with Gasteiger partial charge in [-0.1, -0.05) is 58.2 Å². The molecule has 1 heteroatoms. The number of para-hydroxylation sites is 1. The first-order valence-electron chi connectivity index (χ1n) is 7.66. The molecule has 0 saturated heterocycles. The van der Waals surface area contributed by atoms with Crippen molar-refractivity contribution in [3.8, 4) is 0 Å². The molecule has 0 aromatic heterocycles. The van der Waals surface area contributed by atoms with Gasteiger partial charge in [0.25, 0.3) is 0 Å². The standard InChI is InChI=1S/C17H29N/c1-4-7-14-18(15-8-5-2)17-13-10-9-12-16(17)11-6-3/h9-10,12-13H,4-8,11,14-15H2,1-3H3. The normalized spacial score (nSPS) is 10.6. The van der Waals surface area contributed by atoms with E-state index >= 15 is 0 Å². The lowest BCUT2D eigenvalue weighted by molar-refractivity contribution is 0.674. The van der Waals surface area contributed by atoms with E-state index in [4.69, 9.17) is 0 Å². The summed E-state index contributed by atoms with van der Waals surface area (Å²) >= 11 is 0.